The van der Waals surface area contributed by atoms with Crippen molar-refractivity contribution in [3.8, 4) is 0 Å². The highest BCUT2D eigenvalue weighted by atomic mass is 16.5. The summed E-state index contributed by atoms with van der Waals surface area (Å²) in [6.07, 6.45) is 5.12. The molecule has 2 heteroatoms. The van der Waals surface area contributed by atoms with Gasteiger partial charge >= 0.3 is 0 Å². The van der Waals surface area contributed by atoms with E-state index in [4.69, 9.17) is 4.74 Å². The van der Waals surface area contributed by atoms with Gasteiger partial charge in [-0.05, 0) is 36.5 Å². The fourth-order valence-electron chi connectivity index (χ4n) is 2.00. The molecular weight excluding hydrogens is 222 g/mol. The van der Waals surface area contributed by atoms with Crippen LogP contribution in [0.25, 0.3) is 0 Å². The van der Waals surface area contributed by atoms with Crippen molar-refractivity contribution in [2.24, 2.45) is 5.92 Å². The lowest BCUT2D eigenvalue weighted by Gasteiger charge is -2.12. The van der Waals surface area contributed by atoms with Crippen LogP contribution < -0.4 is 5.32 Å². The number of ether oxygens (including phenoxy) is 1. The molecule has 1 unspecified atom stereocenters. The largest absolute Gasteiger partial charge is 0.385 e. The van der Waals surface area contributed by atoms with Crippen LogP contribution in [0.3, 0.4) is 0 Å². The Morgan fingerprint density at radius 3 is 2.50 bits per heavy atom. The van der Waals surface area contributed by atoms with Crippen molar-refractivity contribution in [2.45, 2.75) is 39.5 Å². The number of hydrogen-bond acceptors (Lipinski definition) is 2. The topological polar surface area (TPSA) is 21.3 Å². The molecule has 0 bridgehead atoms. The summed E-state index contributed by atoms with van der Waals surface area (Å²) in [5.74, 6) is 0.541. The van der Waals surface area contributed by atoms with E-state index in [0.29, 0.717) is 5.92 Å². The van der Waals surface area contributed by atoms with Gasteiger partial charge in [-0.2, -0.15) is 0 Å². The number of anilines is 1. The van der Waals surface area contributed by atoms with Gasteiger partial charge in [0, 0.05) is 19.3 Å². The van der Waals surface area contributed by atoms with Crippen molar-refractivity contribution in [1.82, 2.24) is 0 Å². The second-order valence-corrected chi connectivity index (χ2v) is 5.10. The van der Waals surface area contributed by atoms with Crippen molar-refractivity contribution >= 4 is 5.69 Å². The van der Waals surface area contributed by atoms with Crippen molar-refractivity contribution in [1.29, 1.82) is 0 Å². The minimum atomic E-state index is 0.541. The van der Waals surface area contributed by atoms with Crippen molar-refractivity contribution in [3.05, 3.63) is 29.8 Å². The molecule has 0 heterocycles. The molecule has 0 radical (unpaired) electrons. The van der Waals surface area contributed by atoms with E-state index in [9.17, 15) is 0 Å². The number of aryl methyl sites for hydroxylation is 1. The average Bonchev–Trinajstić information content (AvgIpc) is 2.38. The smallest absolute Gasteiger partial charge is 0.0504 e. The first-order valence-corrected chi connectivity index (χ1v) is 7.08. The molecule has 0 fully saturated rings. The molecule has 0 saturated heterocycles. The van der Waals surface area contributed by atoms with Gasteiger partial charge in [0.15, 0.2) is 0 Å². The highest BCUT2D eigenvalue weighted by Gasteiger charge is 2.01. The Balaban J connectivity index is 2.31. The van der Waals surface area contributed by atoms with Crippen molar-refractivity contribution in [2.75, 3.05) is 25.6 Å². The Kier molecular flexibility index (Phi) is 7.51. The van der Waals surface area contributed by atoms with E-state index >= 15 is 0 Å². The zero-order valence-electron chi connectivity index (χ0n) is 12.0. The maximum absolute atomic E-state index is 5.13. The molecule has 1 N–H and O–H groups in total. The van der Waals surface area contributed by atoms with Gasteiger partial charge in [0.1, 0.15) is 0 Å². The van der Waals surface area contributed by atoms with Crippen LogP contribution in [0.2, 0.25) is 0 Å². The van der Waals surface area contributed by atoms with Crippen LogP contribution in [0.1, 0.15) is 38.7 Å². The summed E-state index contributed by atoms with van der Waals surface area (Å²) in [4.78, 5) is 0. The van der Waals surface area contributed by atoms with Gasteiger partial charge in [0.2, 0.25) is 0 Å². The Hall–Kier alpha value is -1.02. The van der Waals surface area contributed by atoms with Gasteiger partial charge in [-0.3, -0.25) is 0 Å². The summed E-state index contributed by atoms with van der Waals surface area (Å²) in [7, 11) is 1.75. The predicted molar refractivity (Wildman–Crippen MR) is 79.2 cm³/mol. The van der Waals surface area contributed by atoms with Gasteiger partial charge in [-0.1, -0.05) is 38.8 Å². The third-order valence-electron chi connectivity index (χ3n) is 3.13. The van der Waals surface area contributed by atoms with Crippen LogP contribution >= 0.6 is 0 Å². The minimum Gasteiger partial charge on any atom is -0.385 e. The van der Waals surface area contributed by atoms with E-state index in [1.165, 1.54) is 36.9 Å². The number of unbranched alkanes of at least 4 members (excludes halogenated alkanes) is 2. The quantitative estimate of drug-likeness (QED) is 0.665. The molecule has 102 valence electrons. The number of hydrogen-bond donors (Lipinski definition) is 1. The highest BCUT2D eigenvalue weighted by Crippen LogP contribution is 2.12. The minimum absolute atomic E-state index is 0.541. The molecular formula is C16H27NO. The Labute approximate surface area is 112 Å². The van der Waals surface area contributed by atoms with Crippen molar-refractivity contribution in [3.63, 3.8) is 0 Å². The zero-order chi connectivity index (χ0) is 13.2. The number of rotatable bonds is 9. The first kappa shape index (κ1) is 15.0. The van der Waals surface area contributed by atoms with E-state index in [-0.39, 0.29) is 0 Å². The summed E-state index contributed by atoms with van der Waals surface area (Å²) >= 11 is 0. The van der Waals surface area contributed by atoms with E-state index in [2.05, 4.69) is 43.4 Å². The first-order valence-electron chi connectivity index (χ1n) is 7.08. The number of methoxy groups -OCH3 is 1. The normalized spacial score (nSPS) is 12.4. The second kappa shape index (κ2) is 8.98. The summed E-state index contributed by atoms with van der Waals surface area (Å²) in [6, 6.07) is 8.83. The van der Waals surface area contributed by atoms with E-state index in [1.807, 2.05) is 0 Å². The molecule has 18 heavy (non-hydrogen) atoms. The first-order chi connectivity index (χ1) is 8.76. The van der Waals surface area contributed by atoms with Crippen LogP contribution in [-0.4, -0.2) is 20.3 Å². The molecule has 0 aliphatic rings. The van der Waals surface area contributed by atoms with E-state index < -0.39 is 0 Å². The molecule has 1 atom stereocenters. The summed E-state index contributed by atoms with van der Waals surface area (Å²) in [5, 5.41) is 3.44. The SMILES string of the molecule is CCCCCc1ccc(NCC(C)COC)cc1. The lowest BCUT2D eigenvalue weighted by atomic mass is 10.1. The third-order valence-corrected chi connectivity index (χ3v) is 3.13. The Morgan fingerprint density at radius 2 is 1.89 bits per heavy atom. The number of benzene rings is 1. The Bertz CT molecular complexity index is 307. The maximum Gasteiger partial charge on any atom is 0.0504 e. The molecule has 0 spiro atoms. The molecule has 1 aromatic rings. The zero-order valence-corrected chi connectivity index (χ0v) is 12.0. The molecule has 1 rings (SSSR count). The van der Waals surface area contributed by atoms with Crippen molar-refractivity contribution < 1.29 is 4.74 Å². The van der Waals surface area contributed by atoms with Gasteiger partial charge in [0.25, 0.3) is 0 Å². The fraction of sp³-hybridized carbons (Fsp3) is 0.625. The summed E-state index contributed by atoms with van der Waals surface area (Å²) in [6.45, 7) is 6.20. The van der Waals surface area contributed by atoms with E-state index in [0.717, 1.165) is 13.2 Å². The van der Waals surface area contributed by atoms with E-state index in [1.54, 1.807) is 7.11 Å². The van der Waals surface area contributed by atoms with Crippen LogP contribution in [0.4, 0.5) is 5.69 Å². The summed E-state index contributed by atoms with van der Waals surface area (Å²) < 4.78 is 5.13. The van der Waals surface area contributed by atoms with Gasteiger partial charge in [-0.15, -0.1) is 0 Å². The molecule has 0 aliphatic carbocycles. The predicted octanol–water partition coefficient (Wildman–Crippen LogP) is 4.11. The standard InChI is InChI=1S/C16H27NO/c1-4-5-6-7-15-8-10-16(11-9-15)17-12-14(2)13-18-3/h8-11,14,17H,4-7,12-13H2,1-3H3. The lowest BCUT2D eigenvalue weighted by molar-refractivity contribution is 0.164. The van der Waals surface area contributed by atoms with Crippen LogP contribution in [0.5, 0.6) is 0 Å². The van der Waals surface area contributed by atoms with Crippen LogP contribution in [0, 0.1) is 5.92 Å². The fourth-order valence-corrected chi connectivity index (χ4v) is 2.00. The Morgan fingerprint density at radius 1 is 1.17 bits per heavy atom. The number of nitrogens with one attached hydrogen (secondary N) is 1. The van der Waals surface area contributed by atoms with Gasteiger partial charge < -0.3 is 10.1 Å². The molecule has 0 aromatic heterocycles. The highest BCUT2D eigenvalue weighted by molar-refractivity contribution is 5.44. The summed E-state index contributed by atoms with van der Waals surface area (Å²) in [5.41, 5.74) is 2.65. The van der Waals surface area contributed by atoms with Crippen LogP contribution in [0.15, 0.2) is 24.3 Å². The molecule has 1 aromatic carbocycles. The molecule has 0 saturated carbocycles. The van der Waals surface area contributed by atoms with Gasteiger partial charge in [-0.25, -0.2) is 0 Å². The lowest BCUT2D eigenvalue weighted by Crippen LogP contribution is -2.15. The maximum atomic E-state index is 5.13. The average molecular weight is 249 g/mol. The molecule has 2 nitrogen and oxygen atoms in total. The molecule has 0 aliphatic heterocycles. The second-order valence-electron chi connectivity index (χ2n) is 5.10. The van der Waals surface area contributed by atoms with Gasteiger partial charge in [0.05, 0.1) is 6.61 Å². The molecule has 0 amide bonds. The monoisotopic (exact) mass is 249 g/mol. The third kappa shape index (κ3) is 6.06. The van der Waals surface area contributed by atoms with Crippen LogP contribution in [-0.2, 0) is 11.2 Å².